The van der Waals surface area contributed by atoms with Crippen molar-refractivity contribution in [2.75, 3.05) is 6.61 Å². The van der Waals surface area contributed by atoms with Crippen LogP contribution >= 0.6 is 0 Å². The van der Waals surface area contributed by atoms with Crippen molar-refractivity contribution in [3.05, 3.63) is 24.3 Å². The number of rotatable bonds is 25. The van der Waals surface area contributed by atoms with Gasteiger partial charge in [-0.05, 0) is 38.5 Å². The Morgan fingerprint density at radius 2 is 1.18 bits per heavy atom. The molecule has 0 aromatic rings. The van der Waals surface area contributed by atoms with Gasteiger partial charge in [-0.25, -0.2) is 0 Å². The van der Waals surface area contributed by atoms with E-state index in [0.717, 1.165) is 25.7 Å². The maximum absolute atomic E-state index is 12.1. The van der Waals surface area contributed by atoms with Crippen molar-refractivity contribution in [3.8, 4) is 0 Å². The molecule has 200 valence electrons. The summed E-state index contributed by atoms with van der Waals surface area (Å²) in [4.78, 5) is 12.1. The molecule has 0 spiro atoms. The molecule has 4 nitrogen and oxygen atoms in total. The molecule has 0 aromatic heterocycles. The van der Waals surface area contributed by atoms with Crippen molar-refractivity contribution in [3.63, 3.8) is 0 Å². The molecule has 0 fully saturated rings. The quantitative estimate of drug-likeness (QED) is 0.0924. The third-order valence-corrected chi connectivity index (χ3v) is 6.41. The Balaban J connectivity index is 3.46. The van der Waals surface area contributed by atoms with E-state index in [4.69, 9.17) is 0 Å². The fraction of sp³-hybridized carbons (Fsp3) is 0.833. The van der Waals surface area contributed by atoms with Gasteiger partial charge < -0.3 is 15.5 Å². The minimum absolute atomic E-state index is 0.0805. The maximum Gasteiger partial charge on any atom is 0.220 e. The third kappa shape index (κ3) is 22.7. The van der Waals surface area contributed by atoms with Gasteiger partial charge in [-0.3, -0.25) is 4.79 Å². The standard InChI is InChI=1S/C30H57NO3/c1-3-5-7-8-9-10-11-12-13-14-15-16-17-18-19-20-21-22-24-26-30(34)31-28(27-32)29(33)25-23-6-4-2/h12-13,23,25,28-29,32-33H,3-11,14-22,24,26-27H2,1-2H3,(H,31,34)/b13-12-,25-23+. The summed E-state index contributed by atoms with van der Waals surface area (Å²) in [7, 11) is 0. The fourth-order valence-corrected chi connectivity index (χ4v) is 4.12. The van der Waals surface area contributed by atoms with Gasteiger partial charge in [0.05, 0.1) is 18.8 Å². The maximum atomic E-state index is 12.1. The van der Waals surface area contributed by atoms with Crippen LogP contribution in [0, 0.1) is 0 Å². The Morgan fingerprint density at radius 3 is 1.68 bits per heavy atom. The van der Waals surface area contributed by atoms with Gasteiger partial charge in [-0.1, -0.05) is 122 Å². The van der Waals surface area contributed by atoms with E-state index in [9.17, 15) is 15.0 Å². The summed E-state index contributed by atoms with van der Waals surface area (Å²) in [6.07, 6.45) is 31.6. The molecule has 0 saturated carbocycles. The number of allylic oxidation sites excluding steroid dienone is 3. The van der Waals surface area contributed by atoms with E-state index < -0.39 is 12.1 Å². The number of amides is 1. The number of hydrogen-bond donors (Lipinski definition) is 3. The highest BCUT2D eigenvalue weighted by Gasteiger charge is 2.17. The molecule has 0 heterocycles. The fourth-order valence-electron chi connectivity index (χ4n) is 4.12. The van der Waals surface area contributed by atoms with Crippen LogP contribution in [0.3, 0.4) is 0 Å². The average Bonchev–Trinajstić information content (AvgIpc) is 2.84. The van der Waals surface area contributed by atoms with Crippen LogP contribution in [0.5, 0.6) is 0 Å². The van der Waals surface area contributed by atoms with Crippen molar-refractivity contribution in [2.24, 2.45) is 0 Å². The summed E-state index contributed by atoms with van der Waals surface area (Å²) in [5.41, 5.74) is 0. The minimum Gasteiger partial charge on any atom is -0.394 e. The van der Waals surface area contributed by atoms with Crippen LogP contribution in [0.4, 0.5) is 0 Å². The van der Waals surface area contributed by atoms with Gasteiger partial charge in [-0.2, -0.15) is 0 Å². The van der Waals surface area contributed by atoms with Gasteiger partial charge in [-0.15, -0.1) is 0 Å². The lowest BCUT2D eigenvalue weighted by atomic mass is 10.0. The second kappa shape index (κ2) is 26.5. The highest BCUT2D eigenvalue weighted by atomic mass is 16.3. The largest absolute Gasteiger partial charge is 0.394 e. The van der Waals surface area contributed by atoms with Gasteiger partial charge in [0.25, 0.3) is 0 Å². The molecule has 2 unspecified atom stereocenters. The van der Waals surface area contributed by atoms with Crippen molar-refractivity contribution in [1.82, 2.24) is 5.32 Å². The van der Waals surface area contributed by atoms with E-state index in [1.807, 2.05) is 6.08 Å². The Hall–Kier alpha value is -1.13. The molecule has 0 aliphatic heterocycles. The molecular formula is C30H57NO3. The Morgan fingerprint density at radius 1 is 0.676 bits per heavy atom. The molecular weight excluding hydrogens is 422 g/mol. The molecule has 3 N–H and O–H groups in total. The van der Waals surface area contributed by atoms with Crippen LogP contribution < -0.4 is 5.32 Å². The summed E-state index contributed by atoms with van der Waals surface area (Å²) in [5.74, 6) is -0.0805. The summed E-state index contributed by atoms with van der Waals surface area (Å²) in [6, 6.07) is -0.614. The highest BCUT2D eigenvalue weighted by molar-refractivity contribution is 5.76. The summed E-state index contributed by atoms with van der Waals surface area (Å²) < 4.78 is 0. The molecule has 0 aliphatic carbocycles. The number of aliphatic hydroxyl groups is 2. The van der Waals surface area contributed by atoms with E-state index in [0.29, 0.717) is 6.42 Å². The molecule has 2 atom stereocenters. The normalized spacial score (nSPS) is 13.6. The van der Waals surface area contributed by atoms with Gasteiger partial charge in [0.1, 0.15) is 0 Å². The monoisotopic (exact) mass is 479 g/mol. The minimum atomic E-state index is -0.832. The van der Waals surface area contributed by atoms with Crippen molar-refractivity contribution >= 4 is 5.91 Å². The Labute approximate surface area is 211 Å². The zero-order valence-electron chi connectivity index (χ0n) is 22.6. The first-order chi connectivity index (χ1) is 16.7. The van der Waals surface area contributed by atoms with Gasteiger partial charge in [0, 0.05) is 6.42 Å². The SMILES string of the molecule is CCC/C=C/C(O)C(CO)NC(=O)CCCCCCCCCCC/C=C\CCCCCCCC. The van der Waals surface area contributed by atoms with Gasteiger partial charge in [0.2, 0.25) is 5.91 Å². The first kappa shape index (κ1) is 32.9. The highest BCUT2D eigenvalue weighted by Crippen LogP contribution is 2.12. The average molecular weight is 480 g/mol. The molecule has 0 aliphatic rings. The molecule has 4 heteroatoms. The van der Waals surface area contributed by atoms with Gasteiger partial charge in [0.15, 0.2) is 0 Å². The molecule has 0 saturated heterocycles. The van der Waals surface area contributed by atoms with E-state index in [1.54, 1.807) is 6.08 Å². The summed E-state index contributed by atoms with van der Waals surface area (Å²) >= 11 is 0. The Kier molecular flexibility index (Phi) is 25.6. The molecule has 0 bridgehead atoms. The first-order valence-corrected chi connectivity index (χ1v) is 14.6. The first-order valence-electron chi connectivity index (χ1n) is 14.6. The number of aliphatic hydroxyl groups excluding tert-OH is 2. The molecule has 34 heavy (non-hydrogen) atoms. The molecule has 0 radical (unpaired) electrons. The predicted molar refractivity (Wildman–Crippen MR) is 147 cm³/mol. The van der Waals surface area contributed by atoms with Crippen LogP contribution in [-0.4, -0.2) is 34.9 Å². The molecule has 0 rings (SSSR count). The zero-order chi connectivity index (χ0) is 25.1. The Bertz CT molecular complexity index is 489. The van der Waals surface area contributed by atoms with Crippen molar-refractivity contribution in [2.45, 2.75) is 154 Å². The van der Waals surface area contributed by atoms with E-state index in [1.165, 1.54) is 96.3 Å². The van der Waals surface area contributed by atoms with Crippen LogP contribution in [0.15, 0.2) is 24.3 Å². The molecule has 1 amide bonds. The zero-order valence-corrected chi connectivity index (χ0v) is 22.6. The lowest BCUT2D eigenvalue weighted by Crippen LogP contribution is -2.45. The predicted octanol–water partition coefficient (Wildman–Crippen LogP) is 7.78. The topological polar surface area (TPSA) is 69.6 Å². The van der Waals surface area contributed by atoms with Gasteiger partial charge >= 0.3 is 0 Å². The van der Waals surface area contributed by atoms with E-state index >= 15 is 0 Å². The van der Waals surface area contributed by atoms with E-state index in [-0.39, 0.29) is 12.5 Å². The molecule has 0 aromatic carbocycles. The van der Waals surface area contributed by atoms with E-state index in [2.05, 4.69) is 31.3 Å². The number of unbranched alkanes of at least 4 members (excludes halogenated alkanes) is 16. The second-order valence-electron chi connectivity index (χ2n) is 9.81. The van der Waals surface area contributed by atoms with Crippen LogP contribution in [0.1, 0.15) is 142 Å². The lowest BCUT2D eigenvalue weighted by Gasteiger charge is -2.19. The number of hydrogen-bond acceptors (Lipinski definition) is 3. The summed E-state index contributed by atoms with van der Waals surface area (Å²) in [6.45, 7) is 4.09. The van der Waals surface area contributed by atoms with Crippen LogP contribution in [-0.2, 0) is 4.79 Å². The number of carbonyl (C=O) groups excluding carboxylic acids is 1. The van der Waals surface area contributed by atoms with Crippen molar-refractivity contribution in [1.29, 1.82) is 0 Å². The second-order valence-corrected chi connectivity index (χ2v) is 9.81. The van der Waals surface area contributed by atoms with Crippen molar-refractivity contribution < 1.29 is 15.0 Å². The summed E-state index contributed by atoms with van der Waals surface area (Å²) in [5, 5.41) is 22.2. The van der Waals surface area contributed by atoms with Crippen LogP contribution in [0.25, 0.3) is 0 Å². The smallest absolute Gasteiger partial charge is 0.220 e. The lowest BCUT2D eigenvalue weighted by molar-refractivity contribution is -0.123. The number of carbonyl (C=O) groups is 1. The number of nitrogens with one attached hydrogen (secondary N) is 1. The third-order valence-electron chi connectivity index (χ3n) is 6.41. The van der Waals surface area contributed by atoms with Crippen LogP contribution in [0.2, 0.25) is 0 Å².